The quantitative estimate of drug-likeness (QED) is 0.445. The molecule has 3 aromatic rings. The molecule has 9 heteroatoms. The van der Waals surface area contributed by atoms with E-state index in [0.29, 0.717) is 40.0 Å². The normalized spacial score (nSPS) is 23.2. The van der Waals surface area contributed by atoms with Crippen LogP contribution < -0.4 is 5.32 Å². The number of phenols is 1. The van der Waals surface area contributed by atoms with E-state index in [4.69, 9.17) is 11.6 Å². The number of halogens is 4. The maximum Gasteiger partial charge on any atom is 0.419 e. The second-order valence-corrected chi connectivity index (χ2v) is 8.71. The van der Waals surface area contributed by atoms with Gasteiger partial charge in [0.1, 0.15) is 11.6 Å². The molecule has 3 N–H and O–H groups in total. The van der Waals surface area contributed by atoms with E-state index in [1.807, 2.05) is 0 Å². The van der Waals surface area contributed by atoms with Gasteiger partial charge in [-0.15, -0.1) is 0 Å². The van der Waals surface area contributed by atoms with Crippen LogP contribution in [0.15, 0.2) is 30.5 Å². The average Bonchev–Trinajstić information content (AvgIpc) is 2.72. The Bertz CT molecular complexity index is 1200. The van der Waals surface area contributed by atoms with Crippen molar-refractivity contribution in [1.82, 2.24) is 9.97 Å². The lowest BCUT2D eigenvalue weighted by Crippen LogP contribution is -2.55. The number of nitrogens with one attached hydrogen (secondary N) is 1. The van der Waals surface area contributed by atoms with E-state index in [2.05, 4.69) is 15.3 Å². The second kappa shape index (κ2) is 7.78. The van der Waals surface area contributed by atoms with Crippen LogP contribution in [0.3, 0.4) is 0 Å². The molecular weight excluding hydrogens is 443 g/mol. The third-order valence-corrected chi connectivity index (χ3v) is 6.74. The number of aryl methyl sites for hydroxylation is 1. The van der Waals surface area contributed by atoms with Gasteiger partial charge >= 0.3 is 6.18 Å². The van der Waals surface area contributed by atoms with Gasteiger partial charge in [-0.3, -0.25) is 0 Å². The topological polar surface area (TPSA) is 78.3 Å². The van der Waals surface area contributed by atoms with Crippen LogP contribution in [0.2, 0.25) is 5.02 Å². The molecule has 32 heavy (non-hydrogen) atoms. The first-order valence-electron chi connectivity index (χ1n) is 10.3. The minimum absolute atomic E-state index is 0.126. The molecule has 3 unspecified atom stereocenters. The lowest BCUT2D eigenvalue weighted by molar-refractivity contribution is -0.272. The Labute approximate surface area is 188 Å². The Morgan fingerprint density at radius 1 is 1.28 bits per heavy atom. The summed E-state index contributed by atoms with van der Waals surface area (Å²) < 4.78 is 43.0. The molecule has 0 fully saturated rings. The highest BCUT2D eigenvalue weighted by Gasteiger charge is 2.62. The van der Waals surface area contributed by atoms with E-state index in [1.54, 1.807) is 39.0 Å². The molecule has 0 bridgehead atoms. The number of anilines is 1. The molecule has 0 amide bonds. The molecule has 3 atom stereocenters. The van der Waals surface area contributed by atoms with Crippen molar-refractivity contribution < 1.29 is 23.4 Å². The summed E-state index contributed by atoms with van der Waals surface area (Å²) in [5.41, 5.74) is -1.28. The molecule has 0 spiro atoms. The molecule has 1 heterocycles. The largest absolute Gasteiger partial charge is 0.507 e. The summed E-state index contributed by atoms with van der Waals surface area (Å²) in [6.07, 6.45) is -3.67. The van der Waals surface area contributed by atoms with E-state index in [9.17, 15) is 23.4 Å². The van der Waals surface area contributed by atoms with E-state index in [1.165, 1.54) is 12.3 Å². The van der Waals surface area contributed by atoms with Crippen LogP contribution in [0, 0.1) is 13.8 Å². The fourth-order valence-electron chi connectivity index (χ4n) is 4.55. The average molecular weight is 466 g/mol. The molecule has 170 valence electrons. The zero-order valence-corrected chi connectivity index (χ0v) is 18.5. The molecule has 1 aromatic heterocycles. The molecule has 1 aliphatic rings. The lowest BCUT2D eigenvalue weighted by Gasteiger charge is -2.46. The van der Waals surface area contributed by atoms with Crippen molar-refractivity contribution in [3.05, 3.63) is 58.0 Å². The van der Waals surface area contributed by atoms with E-state index in [0.717, 1.165) is 0 Å². The van der Waals surface area contributed by atoms with Crippen LogP contribution in [0.25, 0.3) is 10.9 Å². The van der Waals surface area contributed by atoms with Crippen LogP contribution in [-0.4, -0.2) is 32.0 Å². The number of hydrogen-bond acceptors (Lipinski definition) is 5. The Balaban J connectivity index is 1.96. The fraction of sp³-hybridized carbons (Fsp3) is 0.391. The molecule has 5 nitrogen and oxygen atoms in total. The molecule has 4 rings (SSSR count). The molecule has 0 radical (unpaired) electrons. The van der Waals surface area contributed by atoms with Gasteiger partial charge in [0.05, 0.1) is 11.6 Å². The Morgan fingerprint density at radius 3 is 2.66 bits per heavy atom. The summed E-state index contributed by atoms with van der Waals surface area (Å²) in [4.78, 5) is 8.49. The highest BCUT2D eigenvalue weighted by molar-refractivity contribution is 6.31. The maximum absolute atomic E-state index is 14.3. The van der Waals surface area contributed by atoms with Crippen molar-refractivity contribution in [3.63, 3.8) is 0 Å². The van der Waals surface area contributed by atoms with Crippen molar-refractivity contribution in [2.75, 3.05) is 5.32 Å². The van der Waals surface area contributed by atoms with Crippen molar-refractivity contribution in [2.24, 2.45) is 0 Å². The summed E-state index contributed by atoms with van der Waals surface area (Å²) in [6, 6.07) is 4.82. The van der Waals surface area contributed by atoms with Gasteiger partial charge in [0, 0.05) is 33.4 Å². The number of alkyl halides is 3. The number of aromatic hydroxyl groups is 1. The second-order valence-electron chi connectivity index (χ2n) is 8.30. The first-order valence-corrected chi connectivity index (χ1v) is 10.7. The van der Waals surface area contributed by atoms with Gasteiger partial charge in [0.15, 0.2) is 5.60 Å². The van der Waals surface area contributed by atoms with Gasteiger partial charge in [-0.2, -0.15) is 13.2 Å². The molecular formula is C23H23ClF3N3O2. The van der Waals surface area contributed by atoms with Gasteiger partial charge in [-0.05, 0) is 56.4 Å². The number of hydrogen-bond donors (Lipinski definition) is 3. The summed E-state index contributed by atoms with van der Waals surface area (Å²) in [7, 11) is 0. The number of benzene rings is 2. The van der Waals surface area contributed by atoms with Crippen LogP contribution >= 0.6 is 11.6 Å². The number of nitrogens with zero attached hydrogens (tertiary/aromatic N) is 2. The zero-order chi connectivity index (χ0) is 23.4. The summed E-state index contributed by atoms with van der Waals surface area (Å²) in [5, 5.41) is 25.4. The smallest absolute Gasteiger partial charge is 0.419 e. The third-order valence-electron chi connectivity index (χ3n) is 6.35. The van der Waals surface area contributed by atoms with Gasteiger partial charge in [-0.1, -0.05) is 24.6 Å². The lowest BCUT2D eigenvalue weighted by atomic mass is 9.68. The van der Waals surface area contributed by atoms with Crippen molar-refractivity contribution in [1.29, 1.82) is 0 Å². The van der Waals surface area contributed by atoms with E-state index in [-0.39, 0.29) is 16.3 Å². The minimum atomic E-state index is -4.93. The van der Waals surface area contributed by atoms with Gasteiger partial charge in [0.2, 0.25) is 0 Å². The van der Waals surface area contributed by atoms with Crippen LogP contribution in [0.4, 0.5) is 18.9 Å². The fourth-order valence-corrected chi connectivity index (χ4v) is 4.76. The molecule has 0 saturated carbocycles. The van der Waals surface area contributed by atoms with Gasteiger partial charge < -0.3 is 15.5 Å². The first-order chi connectivity index (χ1) is 15.0. The Morgan fingerprint density at radius 2 is 2.00 bits per heavy atom. The molecule has 2 aromatic carbocycles. The summed E-state index contributed by atoms with van der Waals surface area (Å²) >= 11 is 6.26. The van der Waals surface area contributed by atoms with Crippen molar-refractivity contribution >= 4 is 28.2 Å². The predicted molar refractivity (Wildman–Crippen MR) is 117 cm³/mol. The van der Waals surface area contributed by atoms with Crippen LogP contribution in [0.1, 0.15) is 54.2 Å². The number of aliphatic hydroxyl groups is 1. The van der Waals surface area contributed by atoms with Crippen molar-refractivity contribution in [3.8, 4) is 5.75 Å². The van der Waals surface area contributed by atoms with Gasteiger partial charge in [-0.25, -0.2) is 9.97 Å². The summed E-state index contributed by atoms with van der Waals surface area (Å²) in [5.74, 6) is -0.293. The monoisotopic (exact) mass is 465 g/mol. The number of phenolic OH excluding ortho intramolecular Hbond substituents is 1. The SMILES string of the molecule is CCC1CC(O)(C(F)(F)F)C(Nc2cccc3nc(C)ncc23)c2cc(Cl)c(C)c(O)c21. The molecule has 0 saturated heterocycles. The Hall–Kier alpha value is -2.58. The highest BCUT2D eigenvalue weighted by atomic mass is 35.5. The zero-order valence-electron chi connectivity index (χ0n) is 17.8. The van der Waals surface area contributed by atoms with Crippen molar-refractivity contribution in [2.45, 2.75) is 57.3 Å². The summed E-state index contributed by atoms with van der Waals surface area (Å²) in [6.45, 7) is 5.06. The molecule has 1 aliphatic carbocycles. The van der Waals surface area contributed by atoms with E-state index < -0.39 is 30.2 Å². The molecule has 0 aliphatic heterocycles. The number of rotatable bonds is 3. The predicted octanol–water partition coefficient (Wildman–Crippen LogP) is 5.95. The minimum Gasteiger partial charge on any atom is -0.507 e. The standard InChI is InChI=1S/C23H23ClF3N3O2/c1-4-13-9-22(32,23(25,26)27)21(14-8-16(24)11(2)20(31)19(13)14)30-18-7-5-6-17-15(18)10-28-12(3)29-17/h5-8,10,13,21,30-32H,4,9H2,1-3H3. The van der Waals surface area contributed by atoms with Crippen LogP contribution in [-0.2, 0) is 0 Å². The maximum atomic E-state index is 14.3. The Kier molecular flexibility index (Phi) is 5.49. The van der Waals surface area contributed by atoms with Gasteiger partial charge in [0.25, 0.3) is 0 Å². The van der Waals surface area contributed by atoms with Crippen LogP contribution in [0.5, 0.6) is 5.75 Å². The number of aromatic nitrogens is 2. The first kappa shape index (κ1) is 22.6. The number of fused-ring (bicyclic) bond motifs is 2. The van der Waals surface area contributed by atoms with E-state index >= 15 is 0 Å². The highest BCUT2D eigenvalue weighted by Crippen LogP contribution is 2.56. The third kappa shape index (κ3) is 3.46.